The number of ether oxygens (including phenoxy) is 1. The maximum atomic E-state index is 12.3. The lowest BCUT2D eigenvalue weighted by atomic mass is 9.74. The second-order valence-corrected chi connectivity index (χ2v) is 8.83. The summed E-state index contributed by atoms with van der Waals surface area (Å²) >= 11 is 0. The van der Waals surface area contributed by atoms with Crippen molar-refractivity contribution in [3.05, 3.63) is 29.8 Å². The standard InChI is InChI=1S/C21H32N2O2/c1-16(2)17-5-7-18(8-6-17)22-19(24)13-23-11-9-21(10-12-23)14-20(3,4)25-15-21/h5-8,16H,9-15H2,1-4H3,(H,22,24). The molecule has 2 aliphatic heterocycles. The predicted molar refractivity (Wildman–Crippen MR) is 102 cm³/mol. The third kappa shape index (κ3) is 4.62. The molecule has 0 aliphatic carbocycles. The van der Waals surface area contributed by atoms with Crippen LogP contribution in [0.2, 0.25) is 0 Å². The van der Waals surface area contributed by atoms with Crippen LogP contribution in [-0.2, 0) is 9.53 Å². The molecule has 1 spiro atoms. The summed E-state index contributed by atoms with van der Waals surface area (Å²) in [5.41, 5.74) is 2.53. The Bertz CT molecular complexity index is 599. The lowest BCUT2D eigenvalue weighted by Crippen LogP contribution is -2.44. The van der Waals surface area contributed by atoms with Gasteiger partial charge in [0, 0.05) is 5.69 Å². The van der Waals surface area contributed by atoms with Gasteiger partial charge in [-0.15, -0.1) is 0 Å². The van der Waals surface area contributed by atoms with Crippen molar-refractivity contribution in [3.8, 4) is 0 Å². The average Bonchev–Trinajstić information content (AvgIpc) is 2.85. The van der Waals surface area contributed by atoms with Crippen molar-refractivity contribution >= 4 is 11.6 Å². The van der Waals surface area contributed by atoms with Gasteiger partial charge in [-0.1, -0.05) is 26.0 Å². The van der Waals surface area contributed by atoms with Crippen LogP contribution in [0, 0.1) is 5.41 Å². The molecule has 0 saturated carbocycles. The molecule has 1 amide bonds. The first-order valence-corrected chi connectivity index (χ1v) is 9.53. The number of nitrogens with one attached hydrogen (secondary N) is 1. The van der Waals surface area contributed by atoms with Crippen molar-refractivity contribution in [1.29, 1.82) is 0 Å². The van der Waals surface area contributed by atoms with Crippen molar-refractivity contribution < 1.29 is 9.53 Å². The molecule has 2 aliphatic rings. The Labute approximate surface area is 151 Å². The number of anilines is 1. The molecular weight excluding hydrogens is 312 g/mol. The van der Waals surface area contributed by atoms with E-state index >= 15 is 0 Å². The van der Waals surface area contributed by atoms with Crippen LogP contribution in [0.3, 0.4) is 0 Å². The molecule has 0 aromatic heterocycles. The minimum atomic E-state index is 0.0156. The molecule has 25 heavy (non-hydrogen) atoms. The predicted octanol–water partition coefficient (Wildman–Crippen LogP) is 4.03. The molecule has 2 saturated heterocycles. The van der Waals surface area contributed by atoms with Gasteiger partial charge < -0.3 is 10.1 Å². The highest BCUT2D eigenvalue weighted by molar-refractivity contribution is 5.92. The molecule has 1 aromatic carbocycles. The second kappa shape index (κ2) is 7.08. The molecule has 0 radical (unpaired) electrons. The summed E-state index contributed by atoms with van der Waals surface area (Å²) in [6.45, 7) is 12.0. The lowest BCUT2D eigenvalue weighted by Gasteiger charge is -2.38. The maximum absolute atomic E-state index is 12.3. The minimum absolute atomic E-state index is 0.0156. The van der Waals surface area contributed by atoms with Gasteiger partial charge in [-0.2, -0.15) is 0 Å². The van der Waals surface area contributed by atoms with Gasteiger partial charge in [0.15, 0.2) is 0 Å². The van der Waals surface area contributed by atoms with Gasteiger partial charge >= 0.3 is 0 Å². The van der Waals surface area contributed by atoms with Crippen molar-refractivity contribution in [1.82, 2.24) is 4.90 Å². The number of rotatable bonds is 4. The van der Waals surface area contributed by atoms with Gasteiger partial charge in [0.1, 0.15) is 0 Å². The van der Waals surface area contributed by atoms with E-state index in [1.165, 1.54) is 5.56 Å². The molecule has 0 bridgehead atoms. The number of nitrogens with zero attached hydrogens (tertiary/aromatic N) is 1. The summed E-state index contributed by atoms with van der Waals surface area (Å²) in [6.07, 6.45) is 3.40. The van der Waals surface area contributed by atoms with Crippen LogP contribution in [0.5, 0.6) is 0 Å². The van der Waals surface area contributed by atoms with Gasteiger partial charge in [0.05, 0.1) is 18.8 Å². The lowest BCUT2D eigenvalue weighted by molar-refractivity contribution is -0.117. The molecule has 4 heteroatoms. The summed E-state index contributed by atoms with van der Waals surface area (Å²) in [7, 11) is 0. The summed E-state index contributed by atoms with van der Waals surface area (Å²) in [4.78, 5) is 14.6. The molecule has 1 aromatic rings. The highest BCUT2D eigenvalue weighted by Crippen LogP contribution is 2.46. The van der Waals surface area contributed by atoms with Crippen LogP contribution in [-0.4, -0.2) is 42.6 Å². The Kier molecular flexibility index (Phi) is 5.21. The maximum Gasteiger partial charge on any atom is 0.238 e. The van der Waals surface area contributed by atoms with E-state index in [-0.39, 0.29) is 11.5 Å². The Morgan fingerprint density at radius 1 is 1.20 bits per heavy atom. The van der Waals surface area contributed by atoms with E-state index in [4.69, 9.17) is 4.74 Å². The summed E-state index contributed by atoms with van der Waals surface area (Å²) in [5.74, 6) is 0.589. The fourth-order valence-electron chi connectivity index (χ4n) is 4.22. The van der Waals surface area contributed by atoms with Crippen LogP contribution in [0.4, 0.5) is 5.69 Å². The zero-order valence-electron chi connectivity index (χ0n) is 16.1. The average molecular weight is 344 g/mol. The van der Waals surface area contributed by atoms with Gasteiger partial charge in [0.2, 0.25) is 5.91 Å². The molecule has 138 valence electrons. The quantitative estimate of drug-likeness (QED) is 0.896. The first kappa shape index (κ1) is 18.4. The number of piperidine rings is 1. The molecule has 2 heterocycles. The molecule has 0 unspecified atom stereocenters. The minimum Gasteiger partial charge on any atom is -0.375 e. The fourth-order valence-corrected chi connectivity index (χ4v) is 4.22. The van der Waals surface area contributed by atoms with E-state index in [1.54, 1.807) is 0 Å². The Balaban J connectivity index is 1.46. The zero-order chi connectivity index (χ0) is 18.1. The summed E-state index contributed by atoms with van der Waals surface area (Å²) in [5, 5.41) is 3.02. The first-order chi connectivity index (χ1) is 11.8. The first-order valence-electron chi connectivity index (χ1n) is 9.53. The summed E-state index contributed by atoms with van der Waals surface area (Å²) in [6, 6.07) is 8.17. The highest BCUT2D eigenvalue weighted by Gasteiger charge is 2.45. The molecular formula is C21H32N2O2. The topological polar surface area (TPSA) is 41.6 Å². The molecule has 3 rings (SSSR count). The number of hydrogen-bond acceptors (Lipinski definition) is 3. The number of carbonyl (C=O) groups is 1. The molecule has 2 fully saturated rings. The van der Waals surface area contributed by atoms with E-state index < -0.39 is 0 Å². The third-order valence-corrected chi connectivity index (χ3v) is 5.71. The van der Waals surface area contributed by atoms with E-state index in [2.05, 4.69) is 50.0 Å². The van der Waals surface area contributed by atoms with Crippen molar-refractivity contribution in [2.24, 2.45) is 5.41 Å². The van der Waals surface area contributed by atoms with Crippen LogP contribution < -0.4 is 5.32 Å². The van der Waals surface area contributed by atoms with Crippen molar-refractivity contribution in [2.45, 2.75) is 58.5 Å². The van der Waals surface area contributed by atoms with Crippen LogP contribution in [0.25, 0.3) is 0 Å². The zero-order valence-corrected chi connectivity index (χ0v) is 16.1. The fraction of sp³-hybridized carbons (Fsp3) is 0.667. The van der Waals surface area contributed by atoms with E-state index in [1.807, 2.05) is 12.1 Å². The van der Waals surface area contributed by atoms with Gasteiger partial charge in [-0.05, 0) is 75.2 Å². The number of hydrogen-bond donors (Lipinski definition) is 1. The van der Waals surface area contributed by atoms with Gasteiger partial charge in [-0.25, -0.2) is 0 Å². The van der Waals surface area contributed by atoms with Crippen LogP contribution in [0.15, 0.2) is 24.3 Å². The monoisotopic (exact) mass is 344 g/mol. The van der Waals surface area contributed by atoms with E-state index in [0.717, 1.165) is 44.6 Å². The SMILES string of the molecule is CC(C)c1ccc(NC(=O)CN2CCC3(CC2)COC(C)(C)C3)cc1. The number of carbonyl (C=O) groups excluding carboxylic acids is 1. The largest absolute Gasteiger partial charge is 0.375 e. The normalized spacial score (nSPS) is 22.4. The van der Waals surface area contributed by atoms with Crippen LogP contribution in [0.1, 0.15) is 58.4 Å². The van der Waals surface area contributed by atoms with Gasteiger partial charge in [0.25, 0.3) is 0 Å². The Hall–Kier alpha value is -1.39. The molecule has 0 atom stereocenters. The summed E-state index contributed by atoms with van der Waals surface area (Å²) < 4.78 is 5.96. The molecule has 1 N–H and O–H groups in total. The van der Waals surface area contributed by atoms with Crippen LogP contribution >= 0.6 is 0 Å². The van der Waals surface area contributed by atoms with Gasteiger partial charge in [-0.3, -0.25) is 9.69 Å². The number of likely N-dealkylation sites (tertiary alicyclic amines) is 1. The number of benzene rings is 1. The van der Waals surface area contributed by atoms with E-state index in [0.29, 0.717) is 17.9 Å². The number of amides is 1. The smallest absolute Gasteiger partial charge is 0.238 e. The Morgan fingerprint density at radius 2 is 1.84 bits per heavy atom. The second-order valence-electron chi connectivity index (χ2n) is 8.83. The highest BCUT2D eigenvalue weighted by atomic mass is 16.5. The van der Waals surface area contributed by atoms with Crippen molar-refractivity contribution in [3.63, 3.8) is 0 Å². The van der Waals surface area contributed by atoms with E-state index in [9.17, 15) is 4.79 Å². The third-order valence-electron chi connectivity index (χ3n) is 5.71. The van der Waals surface area contributed by atoms with Crippen molar-refractivity contribution in [2.75, 3.05) is 31.6 Å². The molecule has 4 nitrogen and oxygen atoms in total. The Morgan fingerprint density at radius 3 is 2.36 bits per heavy atom.